The molecule has 1 rings (SSSR count). The lowest BCUT2D eigenvalue weighted by Crippen LogP contribution is -2.53. The first-order valence-electron chi connectivity index (χ1n) is 8.24. The second-order valence-corrected chi connectivity index (χ2v) is 9.92. The maximum Gasteiger partial charge on any atom is 0.437 e. The molecule has 0 unspecified atom stereocenters. The minimum Gasteiger partial charge on any atom is -0.442 e. The van der Waals surface area contributed by atoms with Crippen LogP contribution in [0.2, 0.25) is 5.02 Å². The molecular formula is C17H23ClN2O6S2. The first-order chi connectivity index (χ1) is 12.9. The highest BCUT2D eigenvalue weighted by molar-refractivity contribution is 8.06. The molecule has 0 atom stereocenters. The van der Waals surface area contributed by atoms with Crippen LogP contribution in [0.15, 0.2) is 29.2 Å². The van der Waals surface area contributed by atoms with Gasteiger partial charge in [0.1, 0.15) is 5.60 Å². The Kier molecular flexibility index (Phi) is 8.77. The van der Waals surface area contributed by atoms with Crippen molar-refractivity contribution >= 4 is 50.4 Å². The van der Waals surface area contributed by atoms with E-state index in [0.29, 0.717) is 12.2 Å². The molecule has 0 bridgehead atoms. The lowest BCUT2D eigenvalue weighted by atomic mass is 10.2. The predicted molar refractivity (Wildman–Crippen MR) is 108 cm³/mol. The maximum absolute atomic E-state index is 12.6. The third-order valence-electron chi connectivity index (χ3n) is 3.10. The Morgan fingerprint density at radius 1 is 1.18 bits per heavy atom. The van der Waals surface area contributed by atoms with E-state index in [4.69, 9.17) is 16.3 Å². The molecule has 0 aromatic heterocycles. The molecule has 0 fully saturated rings. The van der Waals surface area contributed by atoms with Gasteiger partial charge in [-0.05, 0) is 63.5 Å². The number of rotatable bonds is 5. The number of halogens is 1. The molecule has 0 spiro atoms. The van der Waals surface area contributed by atoms with Crippen molar-refractivity contribution in [2.24, 2.45) is 0 Å². The molecule has 0 saturated heterocycles. The van der Waals surface area contributed by atoms with Gasteiger partial charge in [0.2, 0.25) is 5.91 Å². The van der Waals surface area contributed by atoms with E-state index in [1.807, 2.05) is 11.7 Å². The molecule has 156 valence electrons. The van der Waals surface area contributed by atoms with Gasteiger partial charge in [-0.3, -0.25) is 15.0 Å². The number of thioether (sulfide) groups is 1. The van der Waals surface area contributed by atoms with Gasteiger partial charge in [-0.2, -0.15) is 11.8 Å². The fourth-order valence-corrected chi connectivity index (χ4v) is 3.48. The van der Waals surface area contributed by atoms with Crippen LogP contribution < -0.4 is 5.43 Å². The molecule has 0 heterocycles. The van der Waals surface area contributed by atoms with Gasteiger partial charge in [0.25, 0.3) is 9.84 Å². The maximum atomic E-state index is 12.6. The number of carbonyl (C=O) groups is 3. The number of imide groups is 1. The molecule has 28 heavy (non-hydrogen) atoms. The highest BCUT2D eigenvalue weighted by atomic mass is 35.5. The van der Waals surface area contributed by atoms with Gasteiger partial charge in [0, 0.05) is 11.4 Å². The summed E-state index contributed by atoms with van der Waals surface area (Å²) in [6, 6.07) is 4.84. The van der Waals surface area contributed by atoms with Gasteiger partial charge in [0.15, 0.2) is 0 Å². The number of carbonyl (C=O) groups excluding carboxylic acids is 3. The number of hydrogen-bond donors (Lipinski definition) is 1. The largest absolute Gasteiger partial charge is 0.442 e. The summed E-state index contributed by atoms with van der Waals surface area (Å²) in [6.07, 6.45) is 1.07. The Labute approximate surface area is 173 Å². The molecular weight excluding hydrogens is 428 g/mol. The fraction of sp³-hybridized carbons (Fsp3) is 0.471. The molecule has 0 aliphatic heterocycles. The van der Waals surface area contributed by atoms with Gasteiger partial charge in [-0.1, -0.05) is 11.6 Å². The number of nitrogens with one attached hydrogen (secondary N) is 1. The van der Waals surface area contributed by atoms with Crippen molar-refractivity contribution in [3.63, 3.8) is 0 Å². The summed E-state index contributed by atoms with van der Waals surface area (Å²) in [7, 11) is -4.62. The molecule has 1 N–H and O–H groups in total. The van der Waals surface area contributed by atoms with Crippen LogP contribution in [-0.2, 0) is 19.4 Å². The molecule has 8 nitrogen and oxygen atoms in total. The van der Waals surface area contributed by atoms with Crippen molar-refractivity contribution in [3.8, 4) is 0 Å². The van der Waals surface area contributed by atoms with E-state index in [-0.39, 0.29) is 21.3 Å². The zero-order valence-corrected chi connectivity index (χ0v) is 18.4. The van der Waals surface area contributed by atoms with Crippen LogP contribution in [-0.4, -0.2) is 48.3 Å². The average Bonchev–Trinajstić information content (AvgIpc) is 2.58. The number of hydrogen-bond acceptors (Lipinski definition) is 7. The quantitative estimate of drug-likeness (QED) is 0.538. The van der Waals surface area contributed by atoms with Crippen LogP contribution >= 0.6 is 23.4 Å². The minimum atomic E-state index is -4.62. The van der Waals surface area contributed by atoms with E-state index in [9.17, 15) is 22.8 Å². The molecule has 0 aliphatic rings. The van der Waals surface area contributed by atoms with Crippen molar-refractivity contribution in [3.05, 3.63) is 29.3 Å². The zero-order chi connectivity index (χ0) is 21.5. The van der Waals surface area contributed by atoms with Crippen LogP contribution in [0.4, 0.5) is 9.59 Å². The van der Waals surface area contributed by atoms with Crippen molar-refractivity contribution in [1.29, 1.82) is 0 Å². The first-order valence-corrected chi connectivity index (χ1v) is 11.5. The van der Waals surface area contributed by atoms with Crippen LogP contribution in [0.3, 0.4) is 0 Å². The number of amides is 3. The summed E-state index contributed by atoms with van der Waals surface area (Å²) in [6.45, 7) is 4.63. The second-order valence-electron chi connectivity index (χ2n) is 6.67. The Bertz CT molecular complexity index is 819. The number of nitrogens with zero attached hydrogens (tertiary/aromatic N) is 1. The van der Waals surface area contributed by atoms with Crippen LogP contribution in [0.25, 0.3) is 0 Å². The summed E-state index contributed by atoms with van der Waals surface area (Å²) in [5, 5.41) is -1.25. The third kappa shape index (κ3) is 7.33. The highest BCUT2D eigenvalue weighted by Crippen LogP contribution is 2.19. The van der Waals surface area contributed by atoms with Crippen molar-refractivity contribution < 1.29 is 27.5 Å². The van der Waals surface area contributed by atoms with E-state index < -0.39 is 32.7 Å². The summed E-state index contributed by atoms with van der Waals surface area (Å²) in [4.78, 5) is 36.7. The van der Waals surface area contributed by atoms with E-state index in [2.05, 4.69) is 0 Å². The van der Waals surface area contributed by atoms with Gasteiger partial charge in [-0.15, -0.1) is 5.01 Å². The van der Waals surface area contributed by atoms with Crippen LogP contribution in [0.1, 0.15) is 33.6 Å². The normalized spacial score (nSPS) is 11.6. The van der Waals surface area contributed by atoms with Crippen molar-refractivity contribution in [2.75, 3.05) is 12.0 Å². The molecule has 3 amide bonds. The molecule has 1 aromatic rings. The Morgan fingerprint density at radius 2 is 1.75 bits per heavy atom. The fourth-order valence-electron chi connectivity index (χ4n) is 1.87. The topological polar surface area (TPSA) is 110 Å². The van der Waals surface area contributed by atoms with Crippen LogP contribution in [0, 0.1) is 0 Å². The summed E-state index contributed by atoms with van der Waals surface area (Å²) < 4.78 is 30.3. The second kappa shape index (κ2) is 10.1. The zero-order valence-electron chi connectivity index (χ0n) is 16.0. The average molecular weight is 451 g/mol. The molecule has 0 aliphatic carbocycles. The summed E-state index contributed by atoms with van der Waals surface area (Å²) in [5.41, 5.74) is 1.03. The Morgan fingerprint density at radius 3 is 2.25 bits per heavy atom. The van der Waals surface area contributed by atoms with E-state index >= 15 is 0 Å². The Balaban J connectivity index is 3.14. The van der Waals surface area contributed by atoms with E-state index in [1.54, 1.807) is 20.8 Å². The number of benzene rings is 1. The lowest BCUT2D eigenvalue weighted by Gasteiger charge is -2.26. The standard InChI is InChI=1S/C17H23ClN2O6S2/c1-17(2,3)26-15(22)20(19-14(21)6-5-11-27-4)16(23)28(24,25)13-9-7-12(18)8-10-13/h7-10H,5-6,11H2,1-4H3,(H,19,21). The monoisotopic (exact) mass is 450 g/mol. The predicted octanol–water partition coefficient (Wildman–Crippen LogP) is 3.65. The van der Waals surface area contributed by atoms with Crippen molar-refractivity contribution in [1.82, 2.24) is 10.4 Å². The van der Waals surface area contributed by atoms with Gasteiger partial charge >= 0.3 is 11.3 Å². The highest BCUT2D eigenvalue weighted by Gasteiger charge is 2.38. The van der Waals surface area contributed by atoms with Crippen LogP contribution in [0.5, 0.6) is 0 Å². The molecule has 1 aromatic carbocycles. The molecule has 11 heteroatoms. The van der Waals surface area contributed by atoms with Gasteiger partial charge in [-0.25, -0.2) is 13.2 Å². The molecule has 0 radical (unpaired) electrons. The number of sulfone groups is 1. The smallest absolute Gasteiger partial charge is 0.437 e. The summed E-state index contributed by atoms with van der Waals surface area (Å²) in [5.74, 6) is 0.0104. The number of ether oxygens (including phenoxy) is 1. The molecule has 0 saturated carbocycles. The lowest BCUT2D eigenvalue weighted by molar-refractivity contribution is -0.124. The van der Waals surface area contributed by atoms with E-state index in [0.717, 1.165) is 12.1 Å². The third-order valence-corrected chi connectivity index (χ3v) is 5.59. The number of hydrazine groups is 1. The Hall–Kier alpha value is -1.78. The van der Waals surface area contributed by atoms with Crippen molar-refractivity contribution in [2.45, 2.75) is 44.1 Å². The summed E-state index contributed by atoms with van der Waals surface area (Å²) >= 11 is 7.26. The van der Waals surface area contributed by atoms with Gasteiger partial charge < -0.3 is 4.74 Å². The van der Waals surface area contributed by atoms with Gasteiger partial charge in [0.05, 0.1) is 4.90 Å². The SMILES string of the molecule is CSCCCC(=O)NN(C(=O)OC(C)(C)C)C(=O)S(=O)(=O)c1ccc(Cl)cc1. The van der Waals surface area contributed by atoms with E-state index in [1.165, 1.54) is 23.9 Å². The minimum absolute atomic E-state index is 0.00834. The first kappa shape index (κ1) is 24.3.